The van der Waals surface area contributed by atoms with Crippen LogP contribution in [0.15, 0.2) is 48.5 Å². The zero-order chi connectivity index (χ0) is 15.1. The number of carbonyl (C=O) groups excluding carboxylic acids is 2. The molecule has 0 saturated heterocycles. The van der Waals surface area contributed by atoms with Gasteiger partial charge < -0.3 is 9.47 Å². The lowest BCUT2D eigenvalue weighted by molar-refractivity contribution is -0.129. The van der Waals surface area contributed by atoms with E-state index in [0.717, 1.165) is 5.56 Å². The monoisotopic (exact) mass is 284 g/mol. The molecule has 2 rings (SSSR count). The number of ether oxygens (including phenoxy) is 2. The van der Waals surface area contributed by atoms with Crippen LogP contribution in [0.4, 0.5) is 0 Å². The molecule has 0 aromatic heterocycles. The number of Topliss-reactive ketones (excluding diaryl/α,β-unsaturated/α-hetero) is 1. The van der Waals surface area contributed by atoms with Gasteiger partial charge in [0.15, 0.2) is 12.1 Å². The third-order valence-electron chi connectivity index (χ3n) is 3.01. The minimum absolute atomic E-state index is 0.0254. The maximum Gasteiger partial charge on any atom is 0.199 e. The van der Waals surface area contributed by atoms with Crippen molar-refractivity contribution in [3.05, 3.63) is 59.7 Å². The van der Waals surface area contributed by atoms with Crippen LogP contribution in [0.3, 0.4) is 0 Å². The Labute approximate surface area is 123 Å². The molecule has 0 atom stereocenters. The molecule has 0 fully saturated rings. The lowest BCUT2D eigenvalue weighted by atomic mass is 10.1. The van der Waals surface area contributed by atoms with Crippen molar-refractivity contribution < 1.29 is 19.1 Å². The summed E-state index contributed by atoms with van der Waals surface area (Å²) in [6.45, 7) is 0.385. The van der Waals surface area contributed by atoms with Crippen molar-refractivity contribution in [2.45, 2.75) is 13.0 Å². The molecule has 0 aliphatic carbocycles. The van der Waals surface area contributed by atoms with Crippen molar-refractivity contribution in [3.63, 3.8) is 0 Å². The number of methoxy groups -OCH3 is 1. The van der Waals surface area contributed by atoms with E-state index in [9.17, 15) is 9.59 Å². The van der Waals surface area contributed by atoms with Crippen molar-refractivity contribution in [2.24, 2.45) is 0 Å². The summed E-state index contributed by atoms with van der Waals surface area (Å²) >= 11 is 0. The summed E-state index contributed by atoms with van der Waals surface area (Å²) in [5.41, 5.74) is 1.69. The summed E-state index contributed by atoms with van der Waals surface area (Å²) in [6.07, 6.45) is 0.350. The second-order valence-corrected chi connectivity index (χ2v) is 4.51. The van der Waals surface area contributed by atoms with E-state index < -0.39 is 5.78 Å². The number of carbonyl (C=O) groups is 2. The summed E-state index contributed by atoms with van der Waals surface area (Å²) < 4.78 is 10.9. The summed E-state index contributed by atoms with van der Waals surface area (Å²) in [6, 6.07) is 14.9. The van der Waals surface area contributed by atoms with Gasteiger partial charge >= 0.3 is 0 Å². The number of aldehydes is 1. The number of hydrogen-bond acceptors (Lipinski definition) is 4. The van der Waals surface area contributed by atoms with E-state index in [4.69, 9.17) is 9.47 Å². The molecule has 0 unspecified atom stereocenters. The standard InChI is InChI=1S/C17H16O4/c1-20-16-8-7-14(9-15(19)11-18)17(10-16)21-12-13-5-3-2-4-6-13/h2-8,10-11H,9,12H2,1H3. The quantitative estimate of drug-likeness (QED) is 0.579. The predicted octanol–water partition coefficient (Wildman–Crippen LogP) is 2.58. The molecule has 0 radical (unpaired) electrons. The lowest BCUT2D eigenvalue weighted by Crippen LogP contribution is -2.06. The molecule has 0 bridgehead atoms. The number of ketones is 1. The van der Waals surface area contributed by atoms with Crippen LogP contribution in [0.25, 0.3) is 0 Å². The highest BCUT2D eigenvalue weighted by Gasteiger charge is 2.10. The summed E-state index contributed by atoms with van der Waals surface area (Å²) in [7, 11) is 1.56. The van der Waals surface area contributed by atoms with E-state index in [2.05, 4.69) is 0 Å². The topological polar surface area (TPSA) is 52.6 Å². The van der Waals surface area contributed by atoms with Crippen LogP contribution in [0.5, 0.6) is 11.5 Å². The predicted molar refractivity (Wildman–Crippen MR) is 78.5 cm³/mol. The molecule has 108 valence electrons. The fourth-order valence-electron chi connectivity index (χ4n) is 1.91. The molecule has 2 aromatic carbocycles. The molecule has 0 spiro atoms. The summed E-state index contributed by atoms with van der Waals surface area (Å²) in [5, 5.41) is 0. The van der Waals surface area contributed by atoms with Gasteiger partial charge in [-0.25, -0.2) is 0 Å². The van der Waals surface area contributed by atoms with Crippen molar-refractivity contribution in [1.82, 2.24) is 0 Å². The van der Waals surface area contributed by atoms with E-state index in [1.165, 1.54) is 0 Å². The van der Waals surface area contributed by atoms with Crippen LogP contribution in [0, 0.1) is 0 Å². The number of rotatable bonds is 7. The van der Waals surface area contributed by atoms with E-state index in [1.807, 2.05) is 30.3 Å². The zero-order valence-electron chi connectivity index (χ0n) is 11.7. The Morgan fingerprint density at radius 1 is 1.14 bits per heavy atom. The van der Waals surface area contributed by atoms with Gasteiger partial charge in [-0.05, 0) is 11.6 Å². The van der Waals surface area contributed by atoms with E-state index in [0.29, 0.717) is 30.0 Å². The molecular formula is C17H16O4. The normalized spacial score (nSPS) is 9.95. The van der Waals surface area contributed by atoms with Gasteiger partial charge in [0.2, 0.25) is 0 Å². The molecular weight excluding hydrogens is 268 g/mol. The second-order valence-electron chi connectivity index (χ2n) is 4.51. The van der Waals surface area contributed by atoms with Gasteiger partial charge in [0.1, 0.15) is 18.1 Å². The van der Waals surface area contributed by atoms with Crippen LogP contribution in [0.2, 0.25) is 0 Å². The van der Waals surface area contributed by atoms with E-state index in [-0.39, 0.29) is 6.42 Å². The molecule has 21 heavy (non-hydrogen) atoms. The molecule has 0 amide bonds. The Balaban J connectivity index is 2.18. The SMILES string of the molecule is COc1ccc(CC(=O)C=O)c(OCc2ccccc2)c1. The van der Waals surface area contributed by atoms with Crippen molar-refractivity contribution >= 4 is 12.1 Å². The van der Waals surface area contributed by atoms with Gasteiger partial charge in [0, 0.05) is 18.1 Å². The summed E-state index contributed by atoms with van der Waals surface area (Å²) in [5.74, 6) is 0.707. The van der Waals surface area contributed by atoms with Crippen molar-refractivity contribution in [1.29, 1.82) is 0 Å². The maximum absolute atomic E-state index is 11.3. The van der Waals surface area contributed by atoms with Gasteiger partial charge in [-0.15, -0.1) is 0 Å². The summed E-state index contributed by atoms with van der Waals surface area (Å²) in [4.78, 5) is 21.8. The minimum atomic E-state index is -0.482. The van der Waals surface area contributed by atoms with Crippen LogP contribution < -0.4 is 9.47 Å². The van der Waals surface area contributed by atoms with Gasteiger partial charge in [0.25, 0.3) is 0 Å². The molecule has 0 aliphatic rings. The van der Waals surface area contributed by atoms with Crippen LogP contribution in [-0.2, 0) is 22.6 Å². The largest absolute Gasteiger partial charge is 0.497 e. The number of hydrogen-bond donors (Lipinski definition) is 0. The first-order valence-corrected chi connectivity index (χ1v) is 6.54. The van der Waals surface area contributed by atoms with E-state index in [1.54, 1.807) is 25.3 Å². The van der Waals surface area contributed by atoms with E-state index >= 15 is 0 Å². The first-order valence-electron chi connectivity index (χ1n) is 6.54. The average Bonchev–Trinajstić information content (AvgIpc) is 2.54. The fourth-order valence-corrected chi connectivity index (χ4v) is 1.91. The minimum Gasteiger partial charge on any atom is -0.497 e. The smallest absolute Gasteiger partial charge is 0.199 e. The maximum atomic E-state index is 11.3. The molecule has 0 N–H and O–H groups in total. The second kappa shape index (κ2) is 7.24. The van der Waals surface area contributed by atoms with Crippen LogP contribution in [0.1, 0.15) is 11.1 Å². The zero-order valence-corrected chi connectivity index (χ0v) is 11.7. The van der Waals surface area contributed by atoms with Crippen LogP contribution in [-0.4, -0.2) is 19.2 Å². The highest BCUT2D eigenvalue weighted by molar-refractivity contribution is 6.25. The van der Waals surface area contributed by atoms with Gasteiger partial charge in [-0.1, -0.05) is 36.4 Å². The highest BCUT2D eigenvalue weighted by Crippen LogP contribution is 2.26. The first-order chi connectivity index (χ1) is 10.2. The Bertz CT molecular complexity index is 620. The van der Waals surface area contributed by atoms with Gasteiger partial charge in [0.05, 0.1) is 7.11 Å². The van der Waals surface area contributed by atoms with Crippen LogP contribution >= 0.6 is 0 Å². The number of benzene rings is 2. The average molecular weight is 284 g/mol. The van der Waals surface area contributed by atoms with Crippen molar-refractivity contribution in [2.75, 3.05) is 7.11 Å². The molecule has 4 heteroatoms. The molecule has 0 heterocycles. The molecule has 0 saturated carbocycles. The molecule has 2 aromatic rings. The lowest BCUT2D eigenvalue weighted by Gasteiger charge is -2.12. The first kappa shape index (κ1) is 14.8. The molecule has 4 nitrogen and oxygen atoms in total. The third-order valence-corrected chi connectivity index (χ3v) is 3.01. The van der Waals surface area contributed by atoms with Gasteiger partial charge in [-0.2, -0.15) is 0 Å². The Hall–Kier alpha value is -2.62. The molecule has 0 aliphatic heterocycles. The fraction of sp³-hybridized carbons (Fsp3) is 0.176. The Morgan fingerprint density at radius 3 is 2.57 bits per heavy atom. The van der Waals surface area contributed by atoms with Gasteiger partial charge in [-0.3, -0.25) is 9.59 Å². The van der Waals surface area contributed by atoms with Crippen molar-refractivity contribution in [3.8, 4) is 11.5 Å². The highest BCUT2D eigenvalue weighted by atomic mass is 16.5. The Kier molecular flexibility index (Phi) is 5.10. The third kappa shape index (κ3) is 4.18. The Morgan fingerprint density at radius 2 is 1.90 bits per heavy atom.